The zero-order valence-electron chi connectivity index (χ0n) is 13.1. The molecule has 4 nitrogen and oxygen atoms in total. The van der Waals surface area contributed by atoms with Crippen molar-refractivity contribution in [2.45, 2.75) is 0 Å². The van der Waals surface area contributed by atoms with Gasteiger partial charge in [-0.15, -0.1) is 0 Å². The fourth-order valence-corrected chi connectivity index (χ4v) is 2.56. The number of halogens is 1. The maximum atomic E-state index is 8.85. The summed E-state index contributed by atoms with van der Waals surface area (Å²) in [5.41, 5.74) is 4.61. The minimum atomic E-state index is 0.592. The molecule has 120 valence electrons. The molecule has 0 aliphatic heterocycles. The highest BCUT2D eigenvalue weighted by Crippen LogP contribution is 2.27. The van der Waals surface area contributed by atoms with E-state index in [4.69, 9.17) is 22.1 Å². The molecule has 0 aliphatic carbocycles. The third-order valence-electron chi connectivity index (χ3n) is 3.50. The first-order chi connectivity index (χ1) is 12.2. The molecule has 3 aromatic rings. The van der Waals surface area contributed by atoms with Gasteiger partial charge >= 0.3 is 0 Å². The van der Waals surface area contributed by atoms with Crippen LogP contribution in [-0.4, -0.2) is 0 Å². The van der Waals surface area contributed by atoms with Gasteiger partial charge in [0.25, 0.3) is 0 Å². The summed E-state index contributed by atoms with van der Waals surface area (Å²) in [4.78, 5) is 0. The number of rotatable bonds is 4. The van der Waals surface area contributed by atoms with Gasteiger partial charge in [-0.05, 0) is 66.7 Å². The lowest BCUT2D eigenvalue weighted by atomic mass is 10.2. The average molecular weight is 345 g/mol. The van der Waals surface area contributed by atoms with E-state index in [0.29, 0.717) is 16.1 Å². The van der Waals surface area contributed by atoms with Crippen LogP contribution in [0.2, 0.25) is 5.02 Å². The predicted molar refractivity (Wildman–Crippen MR) is 100 cm³/mol. The van der Waals surface area contributed by atoms with Crippen LogP contribution in [0.25, 0.3) is 0 Å². The summed E-state index contributed by atoms with van der Waals surface area (Å²) in [6, 6.07) is 24.1. The average Bonchev–Trinajstić information content (AvgIpc) is 2.62. The third kappa shape index (κ3) is 4.29. The second-order valence-corrected chi connectivity index (χ2v) is 5.79. The molecule has 0 saturated carbocycles. The Labute approximate surface area is 150 Å². The van der Waals surface area contributed by atoms with Gasteiger partial charge in [0.1, 0.15) is 0 Å². The molecule has 0 fully saturated rings. The molecule has 0 unspecified atom stereocenters. The number of nitrogens with zero attached hydrogens (tertiary/aromatic N) is 2. The zero-order valence-corrected chi connectivity index (χ0v) is 13.9. The van der Waals surface area contributed by atoms with Crippen molar-refractivity contribution >= 4 is 34.4 Å². The molecular weight excluding hydrogens is 332 g/mol. The van der Waals surface area contributed by atoms with Gasteiger partial charge < -0.3 is 10.6 Å². The lowest BCUT2D eigenvalue weighted by Gasteiger charge is -2.11. The summed E-state index contributed by atoms with van der Waals surface area (Å²) in [7, 11) is 0. The molecule has 3 aromatic carbocycles. The standard InChI is InChI=1S/C20H13ClN4/c21-16-9-19(24-17-5-1-14(12-22)2-6-17)11-20(10-16)25-18-7-3-15(13-23)4-8-18/h1-11,24-25H. The lowest BCUT2D eigenvalue weighted by molar-refractivity contribution is 1.46. The van der Waals surface area contributed by atoms with Crippen molar-refractivity contribution in [3.63, 3.8) is 0 Å². The number of nitriles is 2. The number of hydrogen-bond donors (Lipinski definition) is 2. The summed E-state index contributed by atoms with van der Waals surface area (Å²) in [5.74, 6) is 0. The predicted octanol–water partition coefficient (Wildman–Crippen LogP) is 5.57. The number of nitrogens with one attached hydrogen (secondary N) is 2. The smallest absolute Gasteiger partial charge is 0.0991 e. The van der Waals surface area contributed by atoms with Crippen LogP contribution < -0.4 is 10.6 Å². The van der Waals surface area contributed by atoms with Crippen molar-refractivity contribution in [3.05, 3.63) is 82.9 Å². The van der Waals surface area contributed by atoms with Crippen LogP contribution in [0, 0.1) is 22.7 Å². The molecular formula is C20H13ClN4. The van der Waals surface area contributed by atoms with Crippen LogP contribution in [0.4, 0.5) is 22.7 Å². The van der Waals surface area contributed by atoms with E-state index in [0.717, 1.165) is 22.7 Å². The Kier molecular flexibility index (Phi) is 4.85. The van der Waals surface area contributed by atoms with Crippen LogP contribution >= 0.6 is 11.6 Å². The number of anilines is 4. The van der Waals surface area contributed by atoms with Crippen LogP contribution in [0.3, 0.4) is 0 Å². The Hall–Kier alpha value is -3.47. The minimum Gasteiger partial charge on any atom is -0.355 e. The molecule has 3 rings (SSSR count). The molecule has 0 aliphatic rings. The monoisotopic (exact) mass is 344 g/mol. The Balaban J connectivity index is 1.79. The molecule has 0 aromatic heterocycles. The third-order valence-corrected chi connectivity index (χ3v) is 3.72. The molecule has 0 spiro atoms. The Morgan fingerprint density at radius 2 is 1.00 bits per heavy atom. The highest BCUT2D eigenvalue weighted by molar-refractivity contribution is 6.31. The van der Waals surface area contributed by atoms with Crippen molar-refractivity contribution in [1.29, 1.82) is 10.5 Å². The summed E-state index contributed by atoms with van der Waals surface area (Å²) in [6.45, 7) is 0. The van der Waals surface area contributed by atoms with E-state index in [2.05, 4.69) is 22.8 Å². The van der Waals surface area contributed by atoms with Crippen molar-refractivity contribution < 1.29 is 0 Å². The zero-order chi connectivity index (χ0) is 17.6. The van der Waals surface area contributed by atoms with Gasteiger partial charge in [-0.3, -0.25) is 0 Å². The quantitative estimate of drug-likeness (QED) is 0.649. The Morgan fingerprint density at radius 1 is 0.600 bits per heavy atom. The van der Waals surface area contributed by atoms with E-state index in [1.54, 1.807) is 24.3 Å². The van der Waals surface area contributed by atoms with Gasteiger partial charge in [0, 0.05) is 27.8 Å². The first kappa shape index (κ1) is 16.4. The highest BCUT2D eigenvalue weighted by atomic mass is 35.5. The van der Waals surface area contributed by atoms with E-state index in [-0.39, 0.29) is 0 Å². The fraction of sp³-hybridized carbons (Fsp3) is 0. The number of hydrogen-bond acceptors (Lipinski definition) is 4. The molecule has 0 radical (unpaired) electrons. The maximum Gasteiger partial charge on any atom is 0.0991 e. The van der Waals surface area contributed by atoms with Crippen LogP contribution in [-0.2, 0) is 0 Å². The van der Waals surface area contributed by atoms with Crippen molar-refractivity contribution in [2.24, 2.45) is 0 Å². The lowest BCUT2D eigenvalue weighted by Crippen LogP contribution is -1.94. The van der Waals surface area contributed by atoms with Crippen LogP contribution in [0.1, 0.15) is 11.1 Å². The number of benzene rings is 3. The van der Waals surface area contributed by atoms with Crippen molar-refractivity contribution in [2.75, 3.05) is 10.6 Å². The molecule has 25 heavy (non-hydrogen) atoms. The summed E-state index contributed by atoms with van der Waals surface area (Å²) >= 11 is 6.21. The van der Waals surface area contributed by atoms with Crippen LogP contribution in [0.5, 0.6) is 0 Å². The largest absolute Gasteiger partial charge is 0.355 e. The van der Waals surface area contributed by atoms with E-state index >= 15 is 0 Å². The van der Waals surface area contributed by atoms with Gasteiger partial charge in [0.05, 0.1) is 23.3 Å². The first-order valence-electron chi connectivity index (χ1n) is 7.51. The second-order valence-electron chi connectivity index (χ2n) is 5.36. The highest BCUT2D eigenvalue weighted by Gasteiger charge is 2.02. The van der Waals surface area contributed by atoms with Gasteiger partial charge in [-0.25, -0.2) is 0 Å². The van der Waals surface area contributed by atoms with E-state index in [9.17, 15) is 0 Å². The van der Waals surface area contributed by atoms with E-state index < -0.39 is 0 Å². The molecule has 5 heteroatoms. The topological polar surface area (TPSA) is 71.6 Å². The fourth-order valence-electron chi connectivity index (χ4n) is 2.32. The molecule has 0 bridgehead atoms. The molecule has 2 N–H and O–H groups in total. The van der Waals surface area contributed by atoms with Gasteiger partial charge in [0.2, 0.25) is 0 Å². The Morgan fingerprint density at radius 3 is 1.36 bits per heavy atom. The molecule has 0 atom stereocenters. The summed E-state index contributed by atoms with van der Waals surface area (Å²) < 4.78 is 0. The van der Waals surface area contributed by atoms with Crippen molar-refractivity contribution in [1.82, 2.24) is 0 Å². The Bertz CT molecular complexity index is 887. The van der Waals surface area contributed by atoms with Gasteiger partial charge in [0.15, 0.2) is 0 Å². The molecule has 0 heterocycles. The summed E-state index contributed by atoms with van der Waals surface area (Å²) in [5, 5.41) is 24.8. The SMILES string of the molecule is N#Cc1ccc(Nc2cc(Cl)cc(Nc3ccc(C#N)cc3)c2)cc1. The minimum absolute atomic E-state index is 0.592. The second kappa shape index (κ2) is 7.40. The normalized spacial score (nSPS) is 9.72. The van der Waals surface area contributed by atoms with E-state index in [1.807, 2.05) is 42.5 Å². The van der Waals surface area contributed by atoms with Gasteiger partial charge in [-0.2, -0.15) is 10.5 Å². The van der Waals surface area contributed by atoms with E-state index in [1.165, 1.54) is 0 Å². The maximum absolute atomic E-state index is 8.85. The van der Waals surface area contributed by atoms with Gasteiger partial charge in [-0.1, -0.05) is 11.6 Å². The van der Waals surface area contributed by atoms with Crippen LogP contribution in [0.15, 0.2) is 66.7 Å². The molecule has 0 saturated heterocycles. The molecule has 0 amide bonds. The summed E-state index contributed by atoms with van der Waals surface area (Å²) in [6.07, 6.45) is 0. The van der Waals surface area contributed by atoms with Crippen molar-refractivity contribution in [3.8, 4) is 12.1 Å². The first-order valence-corrected chi connectivity index (χ1v) is 7.89.